The van der Waals surface area contributed by atoms with Gasteiger partial charge in [0.2, 0.25) is 0 Å². The summed E-state index contributed by atoms with van der Waals surface area (Å²) in [7, 11) is 0. The first-order valence-electron chi connectivity index (χ1n) is 7.05. The second kappa shape index (κ2) is 6.18. The van der Waals surface area contributed by atoms with E-state index in [2.05, 4.69) is 15.5 Å². The van der Waals surface area contributed by atoms with Crippen LogP contribution in [0.25, 0.3) is 10.2 Å². The summed E-state index contributed by atoms with van der Waals surface area (Å²) in [5.74, 6) is -0.482. The molecule has 0 fully saturated rings. The molecule has 0 unspecified atom stereocenters. The van der Waals surface area contributed by atoms with Crippen LogP contribution in [0.3, 0.4) is 0 Å². The zero-order valence-corrected chi connectivity index (χ0v) is 13.5. The van der Waals surface area contributed by atoms with E-state index in [0.29, 0.717) is 11.3 Å². The number of carbonyl (C=O) groups is 1. The zero-order chi connectivity index (χ0) is 16.4. The molecule has 3 aromatic rings. The van der Waals surface area contributed by atoms with Crippen LogP contribution in [0.5, 0.6) is 5.75 Å². The molecule has 0 bridgehead atoms. The summed E-state index contributed by atoms with van der Waals surface area (Å²) >= 11 is 1.52. The number of phenols is 1. The molecule has 0 spiro atoms. The minimum atomic E-state index is -0.452. The molecule has 0 aliphatic heterocycles. The largest absolute Gasteiger partial charge is 0.507 e. The van der Waals surface area contributed by atoms with E-state index in [1.54, 1.807) is 32.0 Å². The molecular formula is C17H15N3O2S. The van der Waals surface area contributed by atoms with Crippen molar-refractivity contribution >= 4 is 33.2 Å². The van der Waals surface area contributed by atoms with Gasteiger partial charge in [0.1, 0.15) is 10.8 Å². The van der Waals surface area contributed by atoms with Crippen LogP contribution in [0.2, 0.25) is 0 Å². The van der Waals surface area contributed by atoms with Crippen molar-refractivity contribution in [2.45, 2.75) is 13.8 Å². The highest BCUT2D eigenvalue weighted by Gasteiger charge is 2.12. The lowest BCUT2D eigenvalue weighted by Gasteiger charge is -2.05. The highest BCUT2D eigenvalue weighted by atomic mass is 32.1. The van der Waals surface area contributed by atoms with Crippen LogP contribution in [-0.2, 0) is 0 Å². The Morgan fingerprint density at radius 3 is 2.78 bits per heavy atom. The average molecular weight is 325 g/mol. The number of hydrogen-bond donors (Lipinski definition) is 2. The molecule has 0 atom stereocenters. The number of aryl methyl sites for hydroxylation is 1. The first-order chi connectivity index (χ1) is 11.1. The van der Waals surface area contributed by atoms with Crippen LogP contribution in [0.1, 0.15) is 27.9 Å². The van der Waals surface area contributed by atoms with Gasteiger partial charge in [-0.25, -0.2) is 10.4 Å². The molecule has 1 aromatic heterocycles. The molecule has 0 saturated carbocycles. The smallest absolute Gasteiger partial charge is 0.275 e. The second-order valence-electron chi connectivity index (χ2n) is 5.10. The lowest BCUT2D eigenvalue weighted by Crippen LogP contribution is -2.19. The van der Waals surface area contributed by atoms with Crippen molar-refractivity contribution in [3.63, 3.8) is 0 Å². The fourth-order valence-corrected chi connectivity index (χ4v) is 3.02. The van der Waals surface area contributed by atoms with Crippen molar-refractivity contribution < 1.29 is 9.90 Å². The van der Waals surface area contributed by atoms with E-state index in [0.717, 1.165) is 15.2 Å². The number of thiazole rings is 1. The standard InChI is InChI=1S/C17H15N3O2S/c1-10-6-5-7-12(15(10)21)16(22)20-19-11(2)17-18-13-8-3-4-9-14(13)23-17/h3-9,21H,1-2H3,(H,20,22)/b19-11+. The molecule has 3 rings (SSSR count). The highest BCUT2D eigenvalue weighted by Crippen LogP contribution is 2.23. The van der Waals surface area contributed by atoms with Gasteiger partial charge in [0.15, 0.2) is 0 Å². The number of hydrazone groups is 1. The molecule has 0 radical (unpaired) electrons. The number of benzene rings is 2. The van der Waals surface area contributed by atoms with Gasteiger partial charge in [0.25, 0.3) is 5.91 Å². The molecule has 6 heteroatoms. The van der Waals surface area contributed by atoms with Gasteiger partial charge in [-0.1, -0.05) is 24.3 Å². The van der Waals surface area contributed by atoms with Crippen molar-refractivity contribution in [2.24, 2.45) is 5.10 Å². The van der Waals surface area contributed by atoms with Gasteiger partial charge in [-0.2, -0.15) is 5.10 Å². The number of rotatable bonds is 3. The van der Waals surface area contributed by atoms with Crippen molar-refractivity contribution in [3.05, 3.63) is 58.6 Å². The van der Waals surface area contributed by atoms with Gasteiger partial charge in [-0.3, -0.25) is 4.79 Å². The number of hydrogen-bond acceptors (Lipinski definition) is 5. The SMILES string of the molecule is C/C(=N\NC(=O)c1cccc(C)c1O)c1nc2ccccc2s1. The maximum atomic E-state index is 12.1. The van der Waals surface area contributed by atoms with Gasteiger partial charge in [0, 0.05) is 0 Å². The number of para-hydroxylation sites is 2. The first-order valence-corrected chi connectivity index (χ1v) is 7.87. The average Bonchev–Trinajstić information content (AvgIpc) is 2.99. The van der Waals surface area contributed by atoms with E-state index in [1.807, 2.05) is 24.3 Å². The van der Waals surface area contributed by atoms with Crippen molar-refractivity contribution in [1.82, 2.24) is 10.4 Å². The Labute approximate surface area is 137 Å². The van der Waals surface area contributed by atoms with Crippen molar-refractivity contribution in [2.75, 3.05) is 0 Å². The zero-order valence-electron chi connectivity index (χ0n) is 12.7. The van der Waals surface area contributed by atoms with Crippen LogP contribution in [0.15, 0.2) is 47.6 Å². The third-order valence-corrected chi connectivity index (χ3v) is 4.56. The summed E-state index contributed by atoms with van der Waals surface area (Å²) in [6.45, 7) is 3.52. The molecule has 5 nitrogen and oxygen atoms in total. The van der Waals surface area contributed by atoms with E-state index < -0.39 is 5.91 Å². The van der Waals surface area contributed by atoms with E-state index in [9.17, 15) is 9.90 Å². The third kappa shape index (κ3) is 3.07. The predicted molar refractivity (Wildman–Crippen MR) is 92.1 cm³/mol. The van der Waals surface area contributed by atoms with E-state index in [-0.39, 0.29) is 11.3 Å². The Morgan fingerprint density at radius 2 is 2.00 bits per heavy atom. The number of aromatic hydroxyl groups is 1. The molecule has 2 N–H and O–H groups in total. The molecule has 2 aromatic carbocycles. The Bertz CT molecular complexity index is 882. The number of nitrogens with one attached hydrogen (secondary N) is 1. The summed E-state index contributed by atoms with van der Waals surface area (Å²) < 4.78 is 1.07. The summed E-state index contributed by atoms with van der Waals surface area (Å²) in [6, 6.07) is 12.8. The fraction of sp³-hybridized carbons (Fsp3) is 0.118. The van der Waals surface area contributed by atoms with E-state index in [1.165, 1.54) is 11.3 Å². The number of phenolic OH excluding ortho intramolecular Hbond substituents is 1. The predicted octanol–water partition coefficient (Wildman–Crippen LogP) is 3.46. The number of amides is 1. The quantitative estimate of drug-likeness (QED) is 0.572. The van der Waals surface area contributed by atoms with Gasteiger partial charge in [0.05, 0.1) is 21.5 Å². The van der Waals surface area contributed by atoms with Crippen LogP contribution < -0.4 is 5.43 Å². The normalized spacial score (nSPS) is 11.7. The molecule has 0 saturated heterocycles. The summed E-state index contributed by atoms with van der Waals surface area (Å²) in [6.07, 6.45) is 0. The fourth-order valence-electron chi connectivity index (χ4n) is 2.11. The van der Waals surface area contributed by atoms with Gasteiger partial charge in [-0.05, 0) is 37.6 Å². The van der Waals surface area contributed by atoms with Crippen LogP contribution in [0, 0.1) is 6.92 Å². The number of nitrogens with zero attached hydrogens (tertiary/aromatic N) is 2. The van der Waals surface area contributed by atoms with Gasteiger partial charge in [-0.15, -0.1) is 11.3 Å². The van der Waals surface area contributed by atoms with Crippen molar-refractivity contribution in [3.8, 4) is 5.75 Å². The van der Waals surface area contributed by atoms with Crippen molar-refractivity contribution in [1.29, 1.82) is 0 Å². The monoisotopic (exact) mass is 325 g/mol. The van der Waals surface area contributed by atoms with Crippen LogP contribution in [0.4, 0.5) is 0 Å². The molecule has 0 aliphatic carbocycles. The lowest BCUT2D eigenvalue weighted by atomic mass is 10.1. The molecular weight excluding hydrogens is 310 g/mol. The Hall–Kier alpha value is -2.73. The Morgan fingerprint density at radius 1 is 1.22 bits per heavy atom. The minimum absolute atomic E-state index is 0.0298. The second-order valence-corrected chi connectivity index (χ2v) is 6.13. The topological polar surface area (TPSA) is 74.6 Å². The number of aromatic nitrogens is 1. The highest BCUT2D eigenvalue weighted by molar-refractivity contribution is 7.20. The third-order valence-electron chi connectivity index (χ3n) is 3.41. The summed E-state index contributed by atoms with van der Waals surface area (Å²) in [5.41, 5.74) is 4.83. The minimum Gasteiger partial charge on any atom is -0.507 e. The van der Waals surface area contributed by atoms with E-state index >= 15 is 0 Å². The lowest BCUT2D eigenvalue weighted by molar-refractivity contribution is 0.0952. The molecule has 0 aliphatic rings. The van der Waals surface area contributed by atoms with Gasteiger partial charge < -0.3 is 5.11 Å². The van der Waals surface area contributed by atoms with Crippen LogP contribution in [-0.4, -0.2) is 21.7 Å². The van der Waals surface area contributed by atoms with E-state index in [4.69, 9.17) is 0 Å². The van der Waals surface area contributed by atoms with Crippen LogP contribution >= 0.6 is 11.3 Å². The maximum Gasteiger partial charge on any atom is 0.275 e. The van der Waals surface area contributed by atoms with Gasteiger partial charge >= 0.3 is 0 Å². The molecule has 1 amide bonds. The number of fused-ring (bicyclic) bond motifs is 1. The first kappa shape index (κ1) is 15.2. The Balaban J connectivity index is 1.81. The summed E-state index contributed by atoms with van der Waals surface area (Å²) in [5, 5.41) is 14.8. The molecule has 116 valence electrons. The Kier molecular flexibility index (Phi) is 4.08. The molecule has 23 heavy (non-hydrogen) atoms. The maximum absolute atomic E-state index is 12.1. The number of carbonyl (C=O) groups excluding carboxylic acids is 1. The summed E-state index contributed by atoms with van der Waals surface area (Å²) in [4.78, 5) is 16.6. The molecule has 1 heterocycles.